The molecule has 0 saturated heterocycles. The van der Waals surface area contributed by atoms with E-state index < -0.39 is 0 Å². The van der Waals surface area contributed by atoms with Crippen molar-refractivity contribution in [1.29, 1.82) is 0 Å². The van der Waals surface area contributed by atoms with Crippen LogP contribution in [0.25, 0.3) is 0 Å². The summed E-state index contributed by atoms with van der Waals surface area (Å²) in [6, 6.07) is 3.40. The maximum Gasteiger partial charge on any atom is 0.341 e. The van der Waals surface area contributed by atoms with Crippen LogP contribution in [-0.4, -0.2) is 30.6 Å². The predicted octanol–water partition coefficient (Wildman–Crippen LogP) is 1.02. The molecule has 1 aromatic rings. The highest BCUT2D eigenvalue weighted by Gasteiger charge is 2.12. The van der Waals surface area contributed by atoms with Crippen LogP contribution in [0.5, 0.6) is 0 Å². The molecule has 5 heteroatoms. The van der Waals surface area contributed by atoms with E-state index in [1.807, 2.05) is 0 Å². The summed E-state index contributed by atoms with van der Waals surface area (Å²) >= 11 is 0. The second-order valence-electron chi connectivity index (χ2n) is 3.19. The Bertz CT molecular complexity index is 342. The fraction of sp³-hybridized carbons (Fsp3) is 0.455. The second kappa shape index (κ2) is 6.79. The third-order valence-corrected chi connectivity index (χ3v) is 1.98. The molecule has 0 aliphatic heterocycles. The quantitative estimate of drug-likeness (QED) is 0.556. The highest BCUT2D eigenvalue weighted by atomic mass is 16.5. The second-order valence-corrected chi connectivity index (χ2v) is 3.19. The van der Waals surface area contributed by atoms with E-state index in [4.69, 9.17) is 10.5 Å². The van der Waals surface area contributed by atoms with Crippen molar-refractivity contribution in [2.24, 2.45) is 5.73 Å². The zero-order valence-corrected chi connectivity index (χ0v) is 9.40. The van der Waals surface area contributed by atoms with Gasteiger partial charge in [-0.1, -0.05) is 0 Å². The van der Waals surface area contributed by atoms with Crippen molar-refractivity contribution in [3.05, 3.63) is 23.9 Å². The van der Waals surface area contributed by atoms with E-state index in [1.165, 1.54) is 0 Å². The van der Waals surface area contributed by atoms with E-state index in [-0.39, 0.29) is 5.97 Å². The van der Waals surface area contributed by atoms with Crippen LogP contribution in [0.4, 0.5) is 5.82 Å². The Morgan fingerprint density at radius 2 is 2.44 bits per heavy atom. The highest BCUT2D eigenvalue weighted by Crippen LogP contribution is 2.12. The molecule has 1 rings (SSSR count). The molecule has 0 atom stereocenters. The number of hydrogen-bond acceptors (Lipinski definition) is 5. The van der Waals surface area contributed by atoms with E-state index >= 15 is 0 Å². The van der Waals surface area contributed by atoms with Crippen molar-refractivity contribution in [2.75, 3.05) is 25.0 Å². The number of nitrogens with two attached hydrogens (primary N) is 1. The van der Waals surface area contributed by atoms with E-state index in [9.17, 15) is 4.79 Å². The van der Waals surface area contributed by atoms with Crippen molar-refractivity contribution < 1.29 is 9.53 Å². The van der Waals surface area contributed by atoms with E-state index in [1.54, 1.807) is 25.3 Å². The topological polar surface area (TPSA) is 77.2 Å². The van der Waals surface area contributed by atoms with Crippen LogP contribution in [0.15, 0.2) is 18.3 Å². The van der Waals surface area contributed by atoms with Crippen LogP contribution in [0.2, 0.25) is 0 Å². The molecule has 1 aromatic heterocycles. The molecule has 0 fully saturated rings. The molecule has 0 saturated carbocycles. The van der Waals surface area contributed by atoms with Gasteiger partial charge in [0.25, 0.3) is 0 Å². The van der Waals surface area contributed by atoms with Crippen molar-refractivity contribution in [3.63, 3.8) is 0 Å². The zero-order valence-electron chi connectivity index (χ0n) is 9.40. The Morgan fingerprint density at radius 1 is 1.62 bits per heavy atom. The van der Waals surface area contributed by atoms with E-state index in [2.05, 4.69) is 10.3 Å². The number of pyridine rings is 1. The number of anilines is 1. The lowest BCUT2D eigenvalue weighted by atomic mass is 10.2. The summed E-state index contributed by atoms with van der Waals surface area (Å²) in [6.07, 6.45) is 2.46. The van der Waals surface area contributed by atoms with Gasteiger partial charge in [0.15, 0.2) is 0 Å². The largest absolute Gasteiger partial charge is 0.462 e. The van der Waals surface area contributed by atoms with Crippen molar-refractivity contribution in [1.82, 2.24) is 4.98 Å². The lowest BCUT2D eigenvalue weighted by molar-refractivity contribution is 0.0527. The lowest BCUT2D eigenvalue weighted by Crippen LogP contribution is -2.14. The molecular weight excluding hydrogens is 206 g/mol. The molecule has 1 heterocycles. The minimum Gasteiger partial charge on any atom is -0.462 e. The van der Waals surface area contributed by atoms with Gasteiger partial charge in [-0.2, -0.15) is 0 Å². The van der Waals surface area contributed by atoms with Crippen molar-refractivity contribution in [3.8, 4) is 0 Å². The van der Waals surface area contributed by atoms with Gasteiger partial charge >= 0.3 is 5.97 Å². The summed E-state index contributed by atoms with van der Waals surface area (Å²) in [6.45, 7) is 3.43. The molecule has 16 heavy (non-hydrogen) atoms. The third-order valence-electron chi connectivity index (χ3n) is 1.98. The zero-order chi connectivity index (χ0) is 11.8. The van der Waals surface area contributed by atoms with Crippen molar-refractivity contribution >= 4 is 11.8 Å². The Hall–Kier alpha value is -1.62. The molecule has 88 valence electrons. The van der Waals surface area contributed by atoms with Gasteiger partial charge in [-0.15, -0.1) is 0 Å². The fourth-order valence-electron chi connectivity index (χ4n) is 1.23. The smallest absolute Gasteiger partial charge is 0.341 e. The first kappa shape index (κ1) is 12.4. The molecule has 0 aliphatic carbocycles. The van der Waals surface area contributed by atoms with Crippen LogP contribution < -0.4 is 11.1 Å². The molecule has 0 radical (unpaired) electrons. The Morgan fingerprint density at radius 3 is 3.12 bits per heavy atom. The normalized spacial score (nSPS) is 9.88. The predicted molar refractivity (Wildman–Crippen MR) is 62.4 cm³/mol. The maximum absolute atomic E-state index is 11.6. The van der Waals surface area contributed by atoms with Gasteiger partial charge in [0.2, 0.25) is 0 Å². The lowest BCUT2D eigenvalue weighted by Gasteiger charge is -2.09. The number of esters is 1. The molecule has 0 bridgehead atoms. The fourth-order valence-corrected chi connectivity index (χ4v) is 1.23. The van der Waals surface area contributed by atoms with Gasteiger partial charge in [0.05, 0.1) is 6.61 Å². The van der Waals surface area contributed by atoms with E-state index in [0.29, 0.717) is 31.1 Å². The summed E-state index contributed by atoms with van der Waals surface area (Å²) in [5.41, 5.74) is 5.85. The summed E-state index contributed by atoms with van der Waals surface area (Å²) in [5, 5.41) is 3.06. The number of nitrogens with one attached hydrogen (secondary N) is 1. The molecule has 0 amide bonds. The number of nitrogens with zero attached hydrogens (tertiary/aromatic N) is 1. The number of aromatic nitrogens is 1. The minimum absolute atomic E-state index is 0.356. The van der Waals surface area contributed by atoms with Gasteiger partial charge in [0.1, 0.15) is 11.4 Å². The first-order valence-corrected chi connectivity index (χ1v) is 5.35. The van der Waals surface area contributed by atoms with Crippen molar-refractivity contribution in [2.45, 2.75) is 13.3 Å². The monoisotopic (exact) mass is 223 g/mol. The number of carbonyl (C=O) groups is 1. The first-order chi connectivity index (χ1) is 7.79. The summed E-state index contributed by atoms with van der Waals surface area (Å²) < 4.78 is 4.93. The van der Waals surface area contributed by atoms with E-state index in [0.717, 1.165) is 6.42 Å². The van der Waals surface area contributed by atoms with Crippen LogP contribution in [0, 0.1) is 0 Å². The molecule has 3 N–H and O–H groups in total. The maximum atomic E-state index is 11.6. The van der Waals surface area contributed by atoms with Gasteiger partial charge in [-0.25, -0.2) is 9.78 Å². The Balaban J connectivity index is 2.71. The summed E-state index contributed by atoms with van der Waals surface area (Å²) in [4.78, 5) is 15.7. The van der Waals surface area contributed by atoms with Crippen LogP contribution in [0.3, 0.4) is 0 Å². The molecule has 0 spiro atoms. The van der Waals surface area contributed by atoms with Crippen LogP contribution in [-0.2, 0) is 4.74 Å². The van der Waals surface area contributed by atoms with Gasteiger partial charge < -0.3 is 15.8 Å². The SMILES string of the molecule is CCOC(=O)c1cccnc1NCCCN. The highest BCUT2D eigenvalue weighted by molar-refractivity contribution is 5.94. The Labute approximate surface area is 95.0 Å². The van der Waals surface area contributed by atoms with Crippen LogP contribution >= 0.6 is 0 Å². The molecular formula is C11H17N3O2. The average Bonchev–Trinajstić information content (AvgIpc) is 2.30. The summed E-state index contributed by atoms with van der Waals surface area (Å²) in [7, 11) is 0. The number of rotatable bonds is 6. The Kier molecular flexibility index (Phi) is 5.28. The molecule has 0 aromatic carbocycles. The molecule has 5 nitrogen and oxygen atoms in total. The molecule has 0 aliphatic rings. The summed E-state index contributed by atoms with van der Waals surface area (Å²) in [5.74, 6) is 0.195. The van der Waals surface area contributed by atoms with Gasteiger partial charge in [0, 0.05) is 12.7 Å². The van der Waals surface area contributed by atoms with Gasteiger partial charge in [-0.05, 0) is 32.0 Å². The molecule has 0 unspecified atom stereocenters. The third kappa shape index (κ3) is 3.51. The minimum atomic E-state index is -0.356. The number of hydrogen-bond donors (Lipinski definition) is 2. The average molecular weight is 223 g/mol. The standard InChI is InChI=1S/C11H17N3O2/c1-2-16-11(15)9-5-3-7-13-10(9)14-8-4-6-12/h3,5,7H,2,4,6,8,12H2,1H3,(H,13,14). The van der Waals surface area contributed by atoms with Gasteiger partial charge in [-0.3, -0.25) is 0 Å². The first-order valence-electron chi connectivity index (χ1n) is 5.35. The number of carbonyl (C=O) groups excluding carboxylic acids is 1. The van der Waals surface area contributed by atoms with Crippen LogP contribution in [0.1, 0.15) is 23.7 Å². The number of ether oxygens (including phenoxy) is 1.